The highest BCUT2D eigenvalue weighted by atomic mass is 33.1. The quantitative estimate of drug-likeness (QED) is 0.0125. The molecular weight excluding hydrogens is 2030 g/mol. The number of aliphatic hydroxyl groups excluding tert-OH is 15. The number of nitrogens with zero attached hydrogens (tertiary/aromatic N) is 6. The first-order valence-electron chi connectivity index (χ1n) is 46.9. The minimum Gasteiger partial charge on any atom is -0.481 e. The number of carbonyl (C=O) groups excluding carboxylic acids is 12. The highest BCUT2D eigenvalue weighted by Crippen LogP contribution is 2.23. The van der Waals surface area contributed by atoms with Crippen LogP contribution in [0.5, 0.6) is 0 Å². The zero-order valence-corrected chi connectivity index (χ0v) is 82.7. The Bertz CT molecular complexity index is 5620. The lowest BCUT2D eigenvalue weighted by atomic mass is 10.0. The number of ether oxygens (including phenoxy) is 1. The molecule has 4 aromatic heterocycles. The number of hydrogen-bond acceptors (Lipinski definition) is 45. The SMILES string of the molecule is C[C@H](CCC(=O)N[C@@H](CCC(=O)NC[C@H](O)[C@@H](O)[C@H](O)[C@H](O)CO)C(=O)N[C@@H](CCC(=O)O)C(=O)N[C@@H](CCC(=O)NC[C@H](O)[C@@H](O)[C@H](O)[C@H](O)CO)C(=O)N[C@@H](CCC(=O)O)C(=O)N[C@@H](CCC(=O)NC[C@H](O)[C@@H](O)[C@H](O)[C@H](O)CO)C(=O)N[C@H](C)CSSCCOC(=O)NCCCC[C@H](NC(=O)c1ccc(NCc2cnc3nc(N)[nH]c(=N)c3n2)cc1)C(=O)O)NC(=O)c1ccc(NCc2cnc3nc(N)[nH]c(=O)c3n2)cc1. The van der Waals surface area contributed by atoms with Crippen LogP contribution in [0.4, 0.5) is 28.1 Å². The maximum Gasteiger partial charge on any atom is 0.407 e. The van der Waals surface area contributed by atoms with Crippen LogP contribution in [0.2, 0.25) is 0 Å². The van der Waals surface area contributed by atoms with Gasteiger partial charge >= 0.3 is 24.0 Å². The van der Waals surface area contributed by atoms with E-state index in [4.69, 9.17) is 21.6 Å². The third-order valence-electron chi connectivity index (χ3n) is 22.4. The zero-order chi connectivity index (χ0) is 111. The van der Waals surface area contributed by atoms with Crippen LogP contribution < -0.4 is 96.9 Å². The molecule has 0 aliphatic carbocycles. The topological polar surface area (TPSA) is 1000 Å². The van der Waals surface area contributed by atoms with Gasteiger partial charge in [-0.1, -0.05) is 21.6 Å². The molecule has 0 aliphatic rings. The molecule has 12 amide bonds. The van der Waals surface area contributed by atoms with Gasteiger partial charge in [0.05, 0.1) is 75.0 Å². The second kappa shape index (κ2) is 63.8. The average Bonchev–Trinajstić information content (AvgIpc) is 0.809. The fraction of sp³-hybridized carbons (Fsp3) is 0.557. The van der Waals surface area contributed by atoms with Crippen LogP contribution in [-0.2, 0) is 75.4 Å². The van der Waals surface area contributed by atoms with E-state index in [-0.39, 0.29) is 114 Å². The van der Waals surface area contributed by atoms with E-state index in [0.717, 1.165) is 21.6 Å². The van der Waals surface area contributed by atoms with E-state index in [1.165, 1.54) is 50.5 Å². The summed E-state index contributed by atoms with van der Waals surface area (Å²) in [6.45, 7) is -2.73. The first-order chi connectivity index (χ1) is 71.1. The molecule has 20 atom stereocenters. The predicted octanol–water partition coefficient (Wildman–Crippen LogP) is -11.0. The van der Waals surface area contributed by atoms with Gasteiger partial charge in [-0.25, -0.2) is 29.5 Å². The lowest BCUT2D eigenvalue weighted by Gasteiger charge is -2.28. The van der Waals surface area contributed by atoms with Crippen molar-refractivity contribution < 1.29 is 169 Å². The molecule has 0 aliphatic heterocycles. The molecule has 62 heteroatoms. The third kappa shape index (κ3) is 43.3. The minimum absolute atomic E-state index is 0.000549. The van der Waals surface area contributed by atoms with E-state index < -0.39 is 326 Å². The lowest BCUT2D eigenvalue weighted by molar-refractivity contribution is -0.140. The highest BCUT2D eigenvalue weighted by molar-refractivity contribution is 8.76. The number of aromatic amines is 2. The predicted molar refractivity (Wildman–Crippen MR) is 526 cm³/mol. The second-order valence-electron chi connectivity index (χ2n) is 34.4. The zero-order valence-electron chi connectivity index (χ0n) is 81.1. The first-order valence-corrected chi connectivity index (χ1v) is 49.4. The molecule has 39 N–H and O–H groups in total. The summed E-state index contributed by atoms with van der Waals surface area (Å²) in [4.78, 5) is 246. The monoisotopic (exact) mass is 2160 g/mol. The number of unbranched alkanes of at least 4 members (excludes halogenated alkanes) is 1. The van der Waals surface area contributed by atoms with Gasteiger partial charge in [-0.15, -0.1) is 0 Å². The van der Waals surface area contributed by atoms with E-state index in [1.54, 1.807) is 24.3 Å². The van der Waals surface area contributed by atoms with Crippen molar-refractivity contribution in [1.29, 1.82) is 5.41 Å². The first kappa shape index (κ1) is 125. The Hall–Kier alpha value is -14.0. The number of amides is 12. The molecule has 828 valence electrons. The number of rotatable bonds is 69. The number of aliphatic carboxylic acids is 3. The Labute approximate surface area is 860 Å². The average molecular weight is 2160 g/mol. The highest BCUT2D eigenvalue weighted by Gasteiger charge is 2.38. The molecule has 150 heavy (non-hydrogen) atoms. The molecular formula is C88H129N25O35S2. The number of anilines is 4. The summed E-state index contributed by atoms with van der Waals surface area (Å²) in [5, 5.41) is 223. The van der Waals surface area contributed by atoms with Crippen molar-refractivity contribution in [2.45, 2.75) is 245 Å². The van der Waals surface area contributed by atoms with Crippen molar-refractivity contribution >= 4 is 156 Å². The standard InChI is InChI=1S/C88H129N25O35S2/c1-40(100-77(137)42-7-11-44(12-8-42)94-30-47-32-99-76-67(103-47)84(144)113-87(91)112-76)6-20-63(126)104-48(15-21-60(123)95-33-54(117)68(131)71(134)57(120)36-114)80(140)107-51(18-24-64(127)128)83(143)106-50(17-23-62(125)97-35-56(119)70(133)73(136)59(122)38-116)81(141)108-52(19-25-65(129)130)82(142)105-49(16-22-61(124)96-34-55(118)69(132)72(135)58(121)37-115)79(139)101-41(2)39-150-149-28-27-148-88(147)92-26-4-3-5-53(85(145)146)109-78(138)43-9-13-45(14-10-43)93-29-46-31-98-75-66(102-46)74(89)110-86(90)111-75/h7-14,31-32,40-41,48-59,68-73,93-94,114-122,131-136H,3-6,15-30,33-39H2,1-2H3,(H,92,147)(H,95,123)(H,96,124)(H,97,125)(H,100,137)(H,101,139)(H,104,126)(H,105,142)(H,106,143)(H,107,140)(H,108,141)(H,109,138)(H,127,128)(H,129,130)(H,145,146)(H4,89,90,98,110,111)(H3,91,99,112,113,144)/t40-,41-,48+,49+,50+,51+,52+,53+,54+,55+,56+,57-,58-,59-,68-,69-,70-,71-,72-,73-/m1/s1. The molecule has 0 fully saturated rings. The van der Waals surface area contributed by atoms with Crippen LogP contribution in [0.3, 0.4) is 0 Å². The number of aliphatic hydroxyl groups is 15. The van der Waals surface area contributed by atoms with E-state index in [9.17, 15) is 169 Å². The molecule has 6 aromatic rings. The summed E-state index contributed by atoms with van der Waals surface area (Å²) in [5.41, 5.74) is 13.1. The number of nitrogens with one attached hydrogen (secondary N) is 17. The van der Waals surface area contributed by atoms with Crippen molar-refractivity contribution in [2.75, 3.05) is 86.2 Å². The molecule has 0 spiro atoms. The number of nitrogens with two attached hydrogens (primary N) is 2. The Morgan fingerprint density at radius 2 is 0.780 bits per heavy atom. The molecule has 0 bridgehead atoms. The summed E-state index contributed by atoms with van der Waals surface area (Å²) >= 11 is 0. The number of aromatic nitrogens is 8. The van der Waals surface area contributed by atoms with Gasteiger partial charge in [0.25, 0.3) is 17.4 Å². The molecule has 4 heterocycles. The van der Waals surface area contributed by atoms with Crippen LogP contribution >= 0.6 is 21.6 Å². The van der Waals surface area contributed by atoms with Crippen LogP contribution in [0.1, 0.15) is 142 Å². The van der Waals surface area contributed by atoms with Crippen molar-refractivity contribution in [3.8, 4) is 0 Å². The molecule has 60 nitrogen and oxygen atoms in total. The molecule has 0 saturated heterocycles. The fourth-order valence-electron chi connectivity index (χ4n) is 13.7. The molecule has 2 aromatic carbocycles. The van der Waals surface area contributed by atoms with Gasteiger partial charge in [0, 0.05) is 111 Å². The normalized spacial score (nSPS) is 15.4. The van der Waals surface area contributed by atoms with Gasteiger partial charge in [-0.2, -0.15) is 9.97 Å². The molecule has 6 rings (SSSR count). The molecule has 0 radical (unpaired) electrons. The number of fused-ring (bicyclic) bond motifs is 2. The van der Waals surface area contributed by atoms with Gasteiger partial charge in [0.2, 0.25) is 65.1 Å². The Morgan fingerprint density at radius 1 is 0.407 bits per heavy atom. The molecule has 0 unspecified atom stereocenters. The Kier molecular flexibility index (Phi) is 53.0. The maximum atomic E-state index is 14.9. The number of hydrogen-bond donors (Lipinski definition) is 37. The van der Waals surface area contributed by atoms with Crippen molar-refractivity contribution in [1.82, 2.24) is 104 Å². The van der Waals surface area contributed by atoms with Crippen LogP contribution in [-0.4, -0.2) is 406 Å². The van der Waals surface area contributed by atoms with E-state index >= 15 is 0 Å². The number of alkyl carbamates (subject to hydrolysis) is 1. The molecule has 0 saturated carbocycles. The lowest BCUT2D eigenvalue weighted by Crippen LogP contribution is -2.59. The fourth-order valence-corrected chi connectivity index (χ4v) is 15.9. The van der Waals surface area contributed by atoms with Gasteiger partial charge in [-0.05, 0) is 120 Å². The summed E-state index contributed by atoms with van der Waals surface area (Å²) in [6, 6.07) is -1.08. The van der Waals surface area contributed by atoms with E-state index in [0.29, 0.717) is 22.8 Å². The van der Waals surface area contributed by atoms with Gasteiger partial charge in [0.1, 0.15) is 97.8 Å². The Balaban J connectivity index is 1.15. The summed E-state index contributed by atoms with van der Waals surface area (Å²) in [5.74, 6) is -16.8. The maximum absolute atomic E-state index is 14.9. The van der Waals surface area contributed by atoms with Gasteiger partial charge < -0.3 is 188 Å². The van der Waals surface area contributed by atoms with E-state index in [2.05, 4.69) is 114 Å². The largest absolute Gasteiger partial charge is 0.481 e. The summed E-state index contributed by atoms with van der Waals surface area (Å²) in [7, 11) is 2.29. The minimum atomic E-state index is -2.23. The second-order valence-corrected chi connectivity index (χ2v) is 37.0. The van der Waals surface area contributed by atoms with Gasteiger partial charge in [-0.3, -0.25) is 77.5 Å². The summed E-state index contributed by atoms with van der Waals surface area (Å²) in [6.07, 6.45) is -31.9. The van der Waals surface area contributed by atoms with Crippen molar-refractivity contribution in [2.24, 2.45) is 0 Å². The summed E-state index contributed by atoms with van der Waals surface area (Å²) < 4.78 is 5.25. The number of carboxylic acids is 3. The van der Waals surface area contributed by atoms with Crippen LogP contribution in [0, 0.1) is 5.41 Å². The number of H-pyrrole nitrogens is 2. The number of carboxylic acid groups (broad SMARTS) is 3. The smallest absolute Gasteiger partial charge is 0.407 e. The number of carbonyl (C=O) groups is 15. The Morgan fingerprint density at radius 3 is 1.19 bits per heavy atom. The van der Waals surface area contributed by atoms with Crippen LogP contribution in [0.15, 0.2) is 65.7 Å². The van der Waals surface area contributed by atoms with Crippen LogP contribution in [0.25, 0.3) is 22.3 Å². The third-order valence-corrected chi connectivity index (χ3v) is 24.9. The van der Waals surface area contributed by atoms with Crippen molar-refractivity contribution in [3.05, 3.63) is 99.3 Å². The van der Waals surface area contributed by atoms with Gasteiger partial charge in [0.15, 0.2) is 27.8 Å². The van der Waals surface area contributed by atoms with Crippen molar-refractivity contribution in [3.63, 3.8) is 0 Å². The number of benzene rings is 2. The van der Waals surface area contributed by atoms with E-state index in [1.807, 2.05) is 0 Å². The number of nitrogen functional groups attached to an aromatic ring is 2.